The molecule has 35 heavy (non-hydrogen) atoms. The van der Waals surface area contributed by atoms with E-state index in [1.807, 2.05) is 29.5 Å². The number of imidazole rings is 1. The first kappa shape index (κ1) is 21.8. The summed E-state index contributed by atoms with van der Waals surface area (Å²) < 4.78 is 21.9. The fourth-order valence-corrected chi connectivity index (χ4v) is 5.08. The fraction of sp³-hybridized carbons (Fsp3) is 0.214. The third-order valence-corrected chi connectivity index (χ3v) is 6.99. The molecule has 1 unspecified atom stereocenters. The lowest BCUT2D eigenvalue weighted by Crippen LogP contribution is -2.07. The van der Waals surface area contributed by atoms with Crippen molar-refractivity contribution < 1.29 is 14.2 Å². The summed E-state index contributed by atoms with van der Waals surface area (Å²) in [5.74, 6) is 0.233. The molecule has 2 aliphatic rings. The summed E-state index contributed by atoms with van der Waals surface area (Å²) in [7, 11) is 0. The summed E-state index contributed by atoms with van der Waals surface area (Å²) >= 11 is 6.12. The van der Waals surface area contributed by atoms with E-state index in [1.165, 1.54) is 12.1 Å². The van der Waals surface area contributed by atoms with E-state index < -0.39 is 11.9 Å². The number of halogens is 2. The Morgan fingerprint density at radius 1 is 1.20 bits per heavy atom. The third-order valence-electron chi connectivity index (χ3n) is 6.75. The minimum Gasteiger partial charge on any atom is -0.488 e. The van der Waals surface area contributed by atoms with Crippen LogP contribution in [0.15, 0.2) is 60.3 Å². The topological polar surface area (TPSA) is 70.6 Å². The molecule has 4 aromatic rings. The van der Waals surface area contributed by atoms with Crippen LogP contribution < -0.4 is 4.74 Å². The van der Waals surface area contributed by atoms with E-state index >= 15 is 0 Å². The Morgan fingerprint density at radius 2 is 2.00 bits per heavy atom. The maximum atomic E-state index is 14.0. The number of nitrogens with zero attached hydrogens (tertiary/aromatic N) is 3. The summed E-state index contributed by atoms with van der Waals surface area (Å²) in [6.07, 6.45) is 2.79. The Labute approximate surface area is 206 Å². The number of aryl methyl sites for hydroxylation is 1. The average molecular weight is 486 g/mol. The van der Waals surface area contributed by atoms with E-state index in [9.17, 15) is 14.8 Å². The molecule has 174 valence electrons. The number of aliphatic hydroxyl groups excluding tert-OH is 1. The predicted molar refractivity (Wildman–Crippen MR) is 131 cm³/mol. The van der Waals surface area contributed by atoms with E-state index in [0.717, 1.165) is 35.1 Å². The van der Waals surface area contributed by atoms with Crippen LogP contribution in [0.3, 0.4) is 0 Å². The average Bonchev–Trinajstić information content (AvgIpc) is 3.64. The zero-order chi connectivity index (χ0) is 24.3. The molecule has 1 N–H and O–H groups in total. The Kier molecular flexibility index (Phi) is 5.14. The molecule has 2 aromatic carbocycles. The van der Waals surface area contributed by atoms with Gasteiger partial charge >= 0.3 is 0 Å². The highest BCUT2D eigenvalue weighted by molar-refractivity contribution is 6.30. The van der Waals surface area contributed by atoms with Crippen molar-refractivity contribution in [1.82, 2.24) is 9.38 Å². The Morgan fingerprint density at radius 3 is 2.77 bits per heavy atom. The van der Waals surface area contributed by atoms with Gasteiger partial charge in [0.1, 0.15) is 29.9 Å². The molecule has 5 nitrogen and oxygen atoms in total. The van der Waals surface area contributed by atoms with Crippen LogP contribution >= 0.6 is 11.6 Å². The molecule has 2 aromatic heterocycles. The summed E-state index contributed by atoms with van der Waals surface area (Å²) in [5.41, 5.74) is 6.61. The van der Waals surface area contributed by atoms with Gasteiger partial charge in [-0.1, -0.05) is 23.7 Å². The monoisotopic (exact) mass is 485 g/mol. The lowest BCUT2D eigenvalue weighted by atomic mass is 9.87. The summed E-state index contributed by atoms with van der Waals surface area (Å²) in [5, 5.41) is 22.0. The maximum absolute atomic E-state index is 14.0. The molecule has 1 saturated carbocycles. The van der Waals surface area contributed by atoms with Gasteiger partial charge in [0.15, 0.2) is 0 Å². The standard InChI is InChI=1S/C28H21ClFN3O2/c1-15-27(33-9-8-19(29)11-25(33)32-15)28(34)17-4-6-21-18(10-17)14-35-24-12-20(30)5-7-22(24)26(21)23(13-31)16-2-3-16/h4-12,16,28,34H,2-3,14H2,1H3. The van der Waals surface area contributed by atoms with Gasteiger partial charge in [-0.05, 0) is 66.6 Å². The van der Waals surface area contributed by atoms with Gasteiger partial charge < -0.3 is 14.2 Å². The van der Waals surface area contributed by atoms with Crippen molar-refractivity contribution >= 4 is 22.8 Å². The van der Waals surface area contributed by atoms with Crippen LogP contribution in [0.2, 0.25) is 5.02 Å². The minimum absolute atomic E-state index is 0.195. The first-order valence-corrected chi connectivity index (χ1v) is 11.8. The minimum atomic E-state index is -0.939. The second kappa shape index (κ2) is 8.23. The molecule has 7 heteroatoms. The highest BCUT2D eigenvalue weighted by atomic mass is 35.5. The van der Waals surface area contributed by atoms with Gasteiger partial charge in [0.05, 0.1) is 17.5 Å². The van der Waals surface area contributed by atoms with Crippen molar-refractivity contribution in [3.8, 4) is 11.8 Å². The molecule has 1 fully saturated rings. The SMILES string of the molecule is Cc1nc2cc(Cl)ccn2c1C(O)c1ccc2c(c1)COc1cc(F)ccc1C2=C(C#N)C1CC1. The smallest absolute Gasteiger partial charge is 0.138 e. The van der Waals surface area contributed by atoms with E-state index in [0.29, 0.717) is 38.9 Å². The Hall–Kier alpha value is -3.66. The molecule has 1 atom stereocenters. The second-order valence-corrected chi connectivity index (χ2v) is 9.52. The highest BCUT2D eigenvalue weighted by Crippen LogP contribution is 2.46. The summed E-state index contributed by atoms with van der Waals surface area (Å²) in [4.78, 5) is 4.55. The maximum Gasteiger partial charge on any atom is 0.138 e. The quantitative estimate of drug-likeness (QED) is 0.353. The molecule has 1 aliphatic heterocycles. The Balaban J connectivity index is 1.50. The highest BCUT2D eigenvalue weighted by Gasteiger charge is 2.33. The molecule has 6 rings (SSSR count). The number of allylic oxidation sites excluding steroid dienone is 1. The molecular formula is C28H21ClFN3O2. The van der Waals surface area contributed by atoms with Crippen LogP contribution in [0, 0.1) is 30.0 Å². The van der Waals surface area contributed by atoms with E-state index in [2.05, 4.69) is 11.1 Å². The van der Waals surface area contributed by atoms with Gasteiger partial charge in [0.2, 0.25) is 0 Å². The molecule has 1 aliphatic carbocycles. The van der Waals surface area contributed by atoms with Crippen LogP contribution in [0.25, 0.3) is 11.2 Å². The van der Waals surface area contributed by atoms with Crippen molar-refractivity contribution in [2.45, 2.75) is 32.5 Å². The number of hydrogen-bond acceptors (Lipinski definition) is 4. The Bertz CT molecular complexity index is 1580. The zero-order valence-corrected chi connectivity index (χ0v) is 19.7. The van der Waals surface area contributed by atoms with Crippen molar-refractivity contribution in [2.75, 3.05) is 0 Å². The lowest BCUT2D eigenvalue weighted by Gasteiger charge is -2.17. The third kappa shape index (κ3) is 3.68. The van der Waals surface area contributed by atoms with Crippen molar-refractivity contribution in [3.63, 3.8) is 0 Å². The molecule has 0 bridgehead atoms. The predicted octanol–water partition coefficient (Wildman–Crippen LogP) is 6.14. The number of aliphatic hydroxyl groups is 1. The van der Waals surface area contributed by atoms with Gasteiger partial charge in [-0.2, -0.15) is 5.26 Å². The lowest BCUT2D eigenvalue weighted by molar-refractivity contribution is 0.213. The molecule has 0 saturated heterocycles. The molecule has 0 radical (unpaired) electrons. The first-order valence-electron chi connectivity index (χ1n) is 11.5. The number of aromatic nitrogens is 2. The van der Waals surface area contributed by atoms with E-state index in [4.69, 9.17) is 16.3 Å². The van der Waals surface area contributed by atoms with Crippen molar-refractivity contribution in [2.24, 2.45) is 5.92 Å². The largest absolute Gasteiger partial charge is 0.488 e. The van der Waals surface area contributed by atoms with E-state index in [-0.39, 0.29) is 12.5 Å². The molecular weight excluding hydrogens is 465 g/mol. The van der Waals surface area contributed by atoms with Crippen molar-refractivity contribution in [1.29, 1.82) is 5.26 Å². The van der Waals surface area contributed by atoms with Crippen LogP contribution in [0.5, 0.6) is 5.75 Å². The van der Waals surface area contributed by atoms with E-state index in [1.54, 1.807) is 24.4 Å². The van der Waals surface area contributed by atoms with Gasteiger partial charge in [-0.3, -0.25) is 0 Å². The second-order valence-electron chi connectivity index (χ2n) is 9.08. The first-order chi connectivity index (χ1) is 16.9. The number of ether oxygens (including phenoxy) is 1. The summed E-state index contributed by atoms with van der Waals surface area (Å²) in [6, 6.07) is 16.1. The normalized spacial score (nSPS) is 17.1. The van der Waals surface area contributed by atoms with Crippen molar-refractivity contribution in [3.05, 3.63) is 105 Å². The van der Waals surface area contributed by atoms with Crippen LogP contribution in [0.4, 0.5) is 4.39 Å². The van der Waals surface area contributed by atoms with Crippen LogP contribution in [-0.2, 0) is 6.61 Å². The van der Waals surface area contributed by atoms with Gasteiger partial charge in [0.25, 0.3) is 0 Å². The number of fused-ring (bicyclic) bond motifs is 3. The number of hydrogen-bond donors (Lipinski definition) is 1. The number of rotatable bonds is 3. The van der Waals surface area contributed by atoms with Crippen LogP contribution in [-0.4, -0.2) is 14.5 Å². The number of benzene rings is 2. The van der Waals surface area contributed by atoms with Gasteiger partial charge in [0, 0.05) is 40.1 Å². The molecule has 0 spiro atoms. The molecule has 0 amide bonds. The van der Waals surface area contributed by atoms with Crippen LogP contribution in [0.1, 0.15) is 52.6 Å². The van der Waals surface area contributed by atoms with Gasteiger partial charge in [-0.25, -0.2) is 9.37 Å². The van der Waals surface area contributed by atoms with Gasteiger partial charge in [-0.15, -0.1) is 0 Å². The number of pyridine rings is 1. The number of nitriles is 1. The zero-order valence-electron chi connectivity index (χ0n) is 18.9. The molecule has 3 heterocycles. The fourth-order valence-electron chi connectivity index (χ4n) is 4.93. The summed E-state index contributed by atoms with van der Waals surface area (Å²) in [6.45, 7) is 2.05.